The van der Waals surface area contributed by atoms with E-state index >= 15 is 0 Å². The van der Waals surface area contributed by atoms with Crippen LogP contribution in [0.3, 0.4) is 0 Å². The van der Waals surface area contributed by atoms with Crippen LogP contribution in [0.25, 0.3) is 11.5 Å². The number of ether oxygens (including phenoxy) is 1. The Labute approximate surface area is 99.7 Å². The summed E-state index contributed by atoms with van der Waals surface area (Å²) in [6, 6.07) is 5.64. The Morgan fingerprint density at radius 2 is 2.29 bits per heavy atom. The highest BCUT2D eigenvalue weighted by molar-refractivity contribution is 5.55. The van der Waals surface area contributed by atoms with Crippen molar-refractivity contribution in [2.45, 2.75) is 19.3 Å². The lowest BCUT2D eigenvalue weighted by molar-refractivity contribution is 0.398. The van der Waals surface area contributed by atoms with Gasteiger partial charge in [0.2, 0.25) is 5.88 Å². The summed E-state index contributed by atoms with van der Waals surface area (Å²) in [7, 11) is 1.61. The highest BCUT2D eigenvalue weighted by atomic mass is 16.5. The minimum Gasteiger partial charge on any atom is -0.481 e. The molecule has 0 spiro atoms. The molecule has 0 bridgehead atoms. The van der Waals surface area contributed by atoms with Gasteiger partial charge in [-0.1, -0.05) is 6.07 Å². The van der Waals surface area contributed by atoms with Crippen LogP contribution >= 0.6 is 0 Å². The molecule has 1 saturated carbocycles. The summed E-state index contributed by atoms with van der Waals surface area (Å²) in [5, 5.41) is 0. The lowest BCUT2D eigenvalue weighted by Crippen LogP contribution is -1.93. The van der Waals surface area contributed by atoms with Crippen LogP contribution in [0, 0.1) is 5.92 Å². The molecule has 0 atom stereocenters. The summed E-state index contributed by atoms with van der Waals surface area (Å²) in [6.07, 6.45) is 5.09. The molecule has 0 unspecified atom stereocenters. The van der Waals surface area contributed by atoms with Crippen LogP contribution < -0.4 is 4.74 Å². The third-order valence-corrected chi connectivity index (χ3v) is 2.99. The highest BCUT2D eigenvalue weighted by Crippen LogP contribution is 2.35. The van der Waals surface area contributed by atoms with Gasteiger partial charge in [0.1, 0.15) is 5.69 Å². The van der Waals surface area contributed by atoms with Crippen LogP contribution in [-0.4, -0.2) is 17.1 Å². The predicted molar refractivity (Wildman–Crippen MR) is 62.7 cm³/mol. The standard InChI is InChI=1S/C13H14N2O2/c1-16-12-4-2-3-10(15-12)13-11(14-8-17-13)7-9-5-6-9/h2-4,8-9H,5-7H2,1H3. The quantitative estimate of drug-likeness (QED) is 0.810. The summed E-state index contributed by atoms with van der Waals surface area (Å²) in [5.41, 5.74) is 1.80. The number of rotatable bonds is 4. The molecular formula is C13H14N2O2. The van der Waals surface area contributed by atoms with Gasteiger partial charge >= 0.3 is 0 Å². The van der Waals surface area contributed by atoms with Crippen molar-refractivity contribution in [3.05, 3.63) is 30.3 Å². The van der Waals surface area contributed by atoms with Crippen LogP contribution in [0.15, 0.2) is 29.0 Å². The lowest BCUT2D eigenvalue weighted by atomic mass is 10.1. The van der Waals surface area contributed by atoms with E-state index in [0.29, 0.717) is 5.88 Å². The average Bonchev–Trinajstić information content (AvgIpc) is 3.06. The van der Waals surface area contributed by atoms with Gasteiger partial charge in [-0.05, 0) is 31.2 Å². The van der Waals surface area contributed by atoms with Crippen LogP contribution in [0.4, 0.5) is 0 Å². The molecular weight excluding hydrogens is 216 g/mol. The van der Waals surface area contributed by atoms with E-state index in [1.165, 1.54) is 19.2 Å². The molecule has 1 aliphatic carbocycles. The van der Waals surface area contributed by atoms with Gasteiger partial charge in [0.15, 0.2) is 12.2 Å². The molecule has 4 heteroatoms. The van der Waals surface area contributed by atoms with Crippen molar-refractivity contribution in [1.29, 1.82) is 0 Å². The molecule has 17 heavy (non-hydrogen) atoms. The van der Waals surface area contributed by atoms with Crippen LogP contribution in [0.5, 0.6) is 5.88 Å². The molecule has 2 heterocycles. The van der Waals surface area contributed by atoms with Crippen molar-refractivity contribution in [3.63, 3.8) is 0 Å². The second-order valence-corrected chi connectivity index (χ2v) is 4.34. The van der Waals surface area contributed by atoms with E-state index < -0.39 is 0 Å². The van der Waals surface area contributed by atoms with E-state index in [0.717, 1.165) is 29.5 Å². The topological polar surface area (TPSA) is 48.2 Å². The molecule has 4 nitrogen and oxygen atoms in total. The Bertz CT molecular complexity index is 518. The maximum atomic E-state index is 5.45. The molecule has 0 amide bonds. The molecule has 0 aliphatic heterocycles. The normalized spacial score (nSPS) is 14.9. The minimum atomic E-state index is 0.594. The Kier molecular flexibility index (Phi) is 2.55. The fraction of sp³-hybridized carbons (Fsp3) is 0.385. The molecule has 0 N–H and O–H groups in total. The van der Waals surface area contributed by atoms with Gasteiger partial charge in [-0.2, -0.15) is 0 Å². The Morgan fingerprint density at radius 1 is 1.41 bits per heavy atom. The molecule has 0 aromatic carbocycles. The Balaban J connectivity index is 1.93. The van der Waals surface area contributed by atoms with Gasteiger partial charge < -0.3 is 9.15 Å². The first kappa shape index (κ1) is 10.3. The fourth-order valence-electron chi connectivity index (χ4n) is 1.87. The van der Waals surface area contributed by atoms with Crippen molar-refractivity contribution in [3.8, 4) is 17.3 Å². The van der Waals surface area contributed by atoms with E-state index in [-0.39, 0.29) is 0 Å². The third-order valence-electron chi connectivity index (χ3n) is 2.99. The number of methoxy groups -OCH3 is 1. The number of aromatic nitrogens is 2. The van der Waals surface area contributed by atoms with E-state index in [2.05, 4.69) is 9.97 Å². The molecule has 2 aromatic heterocycles. The predicted octanol–water partition coefficient (Wildman–Crippen LogP) is 2.70. The van der Waals surface area contributed by atoms with E-state index in [1.807, 2.05) is 18.2 Å². The molecule has 0 saturated heterocycles. The number of pyridine rings is 1. The van der Waals surface area contributed by atoms with Gasteiger partial charge in [-0.15, -0.1) is 0 Å². The van der Waals surface area contributed by atoms with Gasteiger partial charge in [-0.3, -0.25) is 0 Å². The number of hydrogen-bond acceptors (Lipinski definition) is 4. The molecule has 3 rings (SSSR count). The SMILES string of the molecule is COc1cccc(-c2ocnc2CC2CC2)n1. The first-order valence-corrected chi connectivity index (χ1v) is 5.80. The summed E-state index contributed by atoms with van der Waals surface area (Å²) in [5.74, 6) is 2.15. The zero-order chi connectivity index (χ0) is 11.7. The zero-order valence-electron chi connectivity index (χ0n) is 9.72. The fourth-order valence-corrected chi connectivity index (χ4v) is 1.87. The molecule has 2 aromatic rings. The molecule has 88 valence electrons. The number of nitrogens with zero attached hydrogens (tertiary/aromatic N) is 2. The maximum Gasteiger partial charge on any atom is 0.213 e. The van der Waals surface area contributed by atoms with Gasteiger partial charge in [0, 0.05) is 6.07 Å². The maximum absolute atomic E-state index is 5.45. The summed E-state index contributed by atoms with van der Waals surface area (Å²) >= 11 is 0. The van der Waals surface area contributed by atoms with Crippen molar-refractivity contribution in [1.82, 2.24) is 9.97 Å². The molecule has 1 aliphatic rings. The van der Waals surface area contributed by atoms with Crippen molar-refractivity contribution < 1.29 is 9.15 Å². The monoisotopic (exact) mass is 230 g/mol. The molecule has 1 fully saturated rings. The summed E-state index contributed by atoms with van der Waals surface area (Å²) in [6.45, 7) is 0. The smallest absolute Gasteiger partial charge is 0.213 e. The second kappa shape index (κ2) is 4.20. The Morgan fingerprint density at radius 3 is 3.06 bits per heavy atom. The van der Waals surface area contributed by atoms with Crippen LogP contribution in [0.1, 0.15) is 18.5 Å². The first-order valence-electron chi connectivity index (χ1n) is 5.80. The van der Waals surface area contributed by atoms with Crippen LogP contribution in [-0.2, 0) is 6.42 Å². The number of oxazole rings is 1. The minimum absolute atomic E-state index is 0.594. The van der Waals surface area contributed by atoms with E-state index in [1.54, 1.807) is 7.11 Å². The van der Waals surface area contributed by atoms with Gasteiger partial charge in [0.05, 0.1) is 12.8 Å². The van der Waals surface area contributed by atoms with Crippen LogP contribution in [0.2, 0.25) is 0 Å². The Hall–Kier alpha value is -1.84. The van der Waals surface area contributed by atoms with Crippen molar-refractivity contribution in [2.75, 3.05) is 7.11 Å². The van der Waals surface area contributed by atoms with Gasteiger partial charge in [0.25, 0.3) is 0 Å². The third kappa shape index (κ3) is 2.16. The second-order valence-electron chi connectivity index (χ2n) is 4.34. The first-order chi connectivity index (χ1) is 8.36. The van der Waals surface area contributed by atoms with E-state index in [9.17, 15) is 0 Å². The van der Waals surface area contributed by atoms with Crippen molar-refractivity contribution >= 4 is 0 Å². The largest absolute Gasteiger partial charge is 0.481 e. The van der Waals surface area contributed by atoms with Crippen molar-refractivity contribution in [2.24, 2.45) is 5.92 Å². The van der Waals surface area contributed by atoms with E-state index in [4.69, 9.17) is 9.15 Å². The number of hydrogen-bond donors (Lipinski definition) is 0. The highest BCUT2D eigenvalue weighted by Gasteiger charge is 2.25. The zero-order valence-corrected chi connectivity index (χ0v) is 9.72. The average molecular weight is 230 g/mol. The molecule has 0 radical (unpaired) electrons. The van der Waals surface area contributed by atoms with Gasteiger partial charge in [-0.25, -0.2) is 9.97 Å². The lowest BCUT2D eigenvalue weighted by Gasteiger charge is -2.02. The summed E-state index contributed by atoms with van der Waals surface area (Å²) in [4.78, 5) is 8.65. The summed E-state index contributed by atoms with van der Waals surface area (Å²) < 4.78 is 10.6.